The van der Waals surface area contributed by atoms with Crippen LogP contribution in [0.2, 0.25) is 0 Å². The number of nitrogen functional groups attached to an aromatic ring is 1. The normalized spacial score (nSPS) is 11.9. The zero-order valence-corrected chi connectivity index (χ0v) is 10.1. The predicted octanol–water partition coefficient (Wildman–Crippen LogP) is 3.02. The van der Waals surface area contributed by atoms with Gasteiger partial charge in [0, 0.05) is 5.39 Å². The van der Waals surface area contributed by atoms with Crippen molar-refractivity contribution in [2.75, 3.05) is 5.73 Å². The third kappa shape index (κ3) is 2.07. The number of alkyl halides is 3. The van der Waals surface area contributed by atoms with E-state index in [-0.39, 0.29) is 0 Å². The lowest BCUT2D eigenvalue weighted by Gasteiger charge is -2.08. The highest BCUT2D eigenvalue weighted by Crippen LogP contribution is 2.29. The minimum Gasteiger partial charge on any atom is -0.397 e. The number of halogens is 3. The second kappa shape index (κ2) is 4.22. The van der Waals surface area contributed by atoms with Gasteiger partial charge in [-0.25, -0.2) is 9.67 Å². The number of rotatable bonds is 1. The lowest BCUT2D eigenvalue weighted by atomic mass is 10.2. The van der Waals surface area contributed by atoms with E-state index in [4.69, 9.17) is 5.73 Å². The summed E-state index contributed by atoms with van der Waals surface area (Å²) in [6.07, 6.45) is -1.31. The van der Waals surface area contributed by atoms with Crippen molar-refractivity contribution in [2.24, 2.45) is 0 Å². The van der Waals surface area contributed by atoms with Gasteiger partial charge in [0.15, 0.2) is 5.65 Å². The summed E-state index contributed by atoms with van der Waals surface area (Å²) in [6, 6.07) is 6.44. The molecule has 2 N–H and O–H groups in total. The molecular weight excluding hydrogens is 269 g/mol. The minimum atomic E-state index is -4.35. The average molecular weight is 278 g/mol. The molecule has 0 radical (unpaired) electrons. The molecule has 0 saturated carbocycles. The number of fused-ring (bicyclic) bond motifs is 1. The van der Waals surface area contributed by atoms with Gasteiger partial charge in [0.1, 0.15) is 0 Å². The van der Waals surface area contributed by atoms with Crippen LogP contribution in [0.5, 0.6) is 0 Å². The van der Waals surface area contributed by atoms with Crippen molar-refractivity contribution in [1.82, 2.24) is 14.8 Å². The van der Waals surface area contributed by atoms with Crippen LogP contribution in [-0.4, -0.2) is 14.8 Å². The van der Waals surface area contributed by atoms with Crippen LogP contribution in [0.4, 0.5) is 18.9 Å². The molecule has 4 nitrogen and oxygen atoms in total. The molecule has 0 saturated heterocycles. The lowest BCUT2D eigenvalue weighted by molar-refractivity contribution is -0.137. The fourth-order valence-corrected chi connectivity index (χ4v) is 1.92. The van der Waals surface area contributed by atoms with Gasteiger partial charge >= 0.3 is 6.18 Å². The van der Waals surface area contributed by atoms with Crippen molar-refractivity contribution in [3.63, 3.8) is 0 Å². The molecule has 2 aromatic heterocycles. The molecule has 3 aromatic rings. The second-order valence-corrected chi connectivity index (χ2v) is 4.28. The standard InChI is InChI=1S/C13H9F3N4/c14-13(15,16)9-1-3-11(4-2-9)20-12-8(6-19-20)5-10(17)7-18-12/h1-7H,17H2. The molecule has 0 bridgehead atoms. The van der Waals surface area contributed by atoms with Crippen LogP contribution in [-0.2, 0) is 6.18 Å². The first-order valence-electron chi connectivity index (χ1n) is 5.72. The fourth-order valence-electron chi connectivity index (χ4n) is 1.92. The Labute approximate surface area is 111 Å². The molecule has 20 heavy (non-hydrogen) atoms. The monoisotopic (exact) mass is 278 g/mol. The summed E-state index contributed by atoms with van der Waals surface area (Å²) in [6.45, 7) is 0. The first-order chi connectivity index (χ1) is 9.45. The highest BCUT2D eigenvalue weighted by atomic mass is 19.4. The van der Waals surface area contributed by atoms with E-state index in [0.717, 1.165) is 17.5 Å². The molecule has 0 unspecified atom stereocenters. The van der Waals surface area contributed by atoms with Crippen LogP contribution in [0.15, 0.2) is 42.7 Å². The number of hydrogen-bond donors (Lipinski definition) is 1. The van der Waals surface area contributed by atoms with Crippen LogP contribution in [0.25, 0.3) is 16.7 Å². The van der Waals surface area contributed by atoms with E-state index >= 15 is 0 Å². The van der Waals surface area contributed by atoms with Gasteiger partial charge in [-0.05, 0) is 30.3 Å². The van der Waals surface area contributed by atoms with E-state index in [0.29, 0.717) is 17.0 Å². The summed E-state index contributed by atoms with van der Waals surface area (Å²) in [5.41, 5.74) is 6.47. The molecular formula is C13H9F3N4. The van der Waals surface area contributed by atoms with Crippen LogP contribution >= 0.6 is 0 Å². The van der Waals surface area contributed by atoms with E-state index < -0.39 is 11.7 Å². The molecule has 0 aliphatic carbocycles. The Morgan fingerprint density at radius 2 is 1.75 bits per heavy atom. The molecule has 0 amide bonds. The SMILES string of the molecule is Nc1cnc2c(cnn2-c2ccc(C(F)(F)F)cc2)c1. The van der Waals surface area contributed by atoms with Crippen molar-refractivity contribution < 1.29 is 13.2 Å². The first-order valence-corrected chi connectivity index (χ1v) is 5.72. The number of aromatic nitrogens is 3. The smallest absolute Gasteiger partial charge is 0.397 e. The number of benzene rings is 1. The third-order valence-corrected chi connectivity index (χ3v) is 2.87. The van der Waals surface area contributed by atoms with Crippen molar-refractivity contribution in [2.45, 2.75) is 6.18 Å². The van der Waals surface area contributed by atoms with Gasteiger partial charge < -0.3 is 5.73 Å². The zero-order chi connectivity index (χ0) is 14.3. The molecule has 102 valence electrons. The molecule has 3 rings (SSSR count). The Morgan fingerprint density at radius 3 is 2.40 bits per heavy atom. The largest absolute Gasteiger partial charge is 0.416 e. The van der Waals surface area contributed by atoms with E-state index in [9.17, 15) is 13.2 Å². The number of nitrogens with two attached hydrogens (primary N) is 1. The van der Waals surface area contributed by atoms with Crippen LogP contribution in [0, 0.1) is 0 Å². The van der Waals surface area contributed by atoms with E-state index in [2.05, 4.69) is 10.1 Å². The Morgan fingerprint density at radius 1 is 1.05 bits per heavy atom. The number of anilines is 1. The molecule has 2 heterocycles. The van der Waals surface area contributed by atoms with Gasteiger partial charge in [-0.1, -0.05) is 0 Å². The summed E-state index contributed by atoms with van der Waals surface area (Å²) in [5, 5.41) is 4.84. The molecule has 0 atom stereocenters. The highest BCUT2D eigenvalue weighted by Gasteiger charge is 2.30. The maximum atomic E-state index is 12.5. The Kier molecular flexibility index (Phi) is 2.63. The summed E-state index contributed by atoms with van der Waals surface area (Å²) in [5.74, 6) is 0. The maximum absolute atomic E-state index is 12.5. The Bertz CT molecular complexity index is 759. The minimum absolute atomic E-state index is 0.504. The van der Waals surface area contributed by atoms with Crippen LogP contribution in [0.3, 0.4) is 0 Å². The molecule has 1 aromatic carbocycles. The topological polar surface area (TPSA) is 56.7 Å². The second-order valence-electron chi connectivity index (χ2n) is 4.28. The van der Waals surface area contributed by atoms with Crippen molar-refractivity contribution in [1.29, 1.82) is 0 Å². The van der Waals surface area contributed by atoms with E-state index in [1.807, 2.05) is 0 Å². The predicted molar refractivity (Wildman–Crippen MR) is 68.3 cm³/mol. The summed E-state index contributed by atoms with van der Waals surface area (Å²) in [4.78, 5) is 4.14. The third-order valence-electron chi connectivity index (χ3n) is 2.87. The Hall–Kier alpha value is -2.57. The fraction of sp³-hybridized carbons (Fsp3) is 0.0769. The van der Waals surface area contributed by atoms with Crippen LogP contribution in [0.1, 0.15) is 5.56 Å². The van der Waals surface area contributed by atoms with Gasteiger partial charge in [-0.3, -0.25) is 0 Å². The molecule has 0 aliphatic rings. The summed E-state index contributed by atoms with van der Waals surface area (Å²) < 4.78 is 39.0. The molecule has 0 aliphatic heterocycles. The van der Waals surface area contributed by atoms with Crippen molar-refractivity contribution >= 4 is 16.7 Å². The molecule has 7 heteroatoms. The number of nitrogens with zero attached hydrogens (tertiary/aromatic N) is 3. The summed E-state index contributed by atoms with van der Waals surface area (Å²) >= 11 is 0. The van der Waals surface area contributed by atoms with E-state index in [1.165, 1.54) is 23.0 Å². The quantitative estimate of drug-likeness (QED) is 0.744. The lowest BCUT2D eigenvalue weighted by Crippen LogP contribution is -2.05. The number of pyridine rings is 1. The molecule has 0 fully saturated rings. The highest BCUT2D eigenvalue weighted by molar-refractivity contribution is 5.79. The maximum Gasteiger partial charge on any atom is 0.416 e. The van der Waals surface area contributed by atoms with Crippen molar-refractivity contribution in [3.8, 4) is 5.69 Å². The van der Waals surface area contributed by atoms with Crippen LogP contribution < -0.4 is 5.73 Å². The van der Waals surface area contributed by atoms with Gasteiger partial charge in [0.2, 0.25) is 0 Å². The van der Waals surface area contributed by atoms with Gasteiger partial charge in [0.25, 0.3) is 0 Å². The first kappa shape index (κ1) is 12.5. The molecule has 0 spiro atoms. The zero-order valence-electron chi connectivity index (χ0n) is 10.1. The van der Waals surface area contributed by atoms with Gasteiger partial charge in [0.05, 0.1) is 29.3 Å². The van der Waals surface area contributed by atoms with Gasteiger partial charge in [-0.15, -0.1) is 0 Å². The number of hydrogen-bond acceptors (Lipinski definition) is 3. The average Bonchev–Trinajstić information content (AvgIpc) is 2.80. The summed E-state index contributed by atoms with van der Waals surface area (Å²) in [7, 11) is 0. The van der Waals surface area contributed by atoms with E-state index in [1.54, 1.807) is 12.3 Å². The van der Waals surface area contributed by atoms with Gasteiger partial charge in [-0.2, -0.15) is 18.3 Å². The van der Waals surface area contributed by atoms with Crippen molar-refractivity contribution in [3.05, 3.63) is 48.3 Å². The Balaban J connectivity index is 2.07.